The lowest BCUT2D eigenvalue weighted by molar-refractivity contribution is -0.407. The maximum absolute atomic E-state index is 10.4. The van der Waals surface area contributed by atoms with Crippen molar-refractivity contribution in [3.63, 3.8) is 0 Å². The van der Waals surface area contributed by atoms with Gasteiger partial charge in [0.25, 0.3) is 0 Å². The molecule has 0 rings (SSSR count). The summed E-state index contributed by atoms with van der Waals surface area (Å²) in [6, 6.07) is 0. The summed E-state index contributed by atoms with van der Waals surface area (Å²) in [4.78, 5) is 21.9. The van der Waals surface area contributed by atoms with E-state index in [0.717, 1.165) is 38.5 Å². The van der Waals surface area contributed by atoms with Crippen LogP contribution in [0, 0.1) is 16.7 Å². The van der Waals surface area contributed by atoms with Gasteiger partial charge in [-0.05, 0) is 64.2 Å². The molecule has 4 nitrogen and oxygen atoms in total. The first-order valence-corrected chi connectivity index (χ1v) is 10.9. The molecule has 0 aliphatic rings. The molecule has 4 heteroatoms. The quantitative estimate of drug-likeness (QED) is 0.301. The lowest BCUT2D eigenvalue weighted by atomic mass is 9.83. The second-order valence-electron chi connectivity index (χ2n) is 11.7. The van der Waals surface area contributed by atoms with Crippen LogP contribution < -0.4 is 0 Å². The Balaban J connectivity index is 0. The van der Waals surface area contributed by atoms with Crippen LogP contribution in [-0.4, -0.2) is 22.3 Å². The third-order valence-electron chi connectivity index (χ3n) is 4.15. The van der Waals surface area contributed by atoms with Gasteiger partial charge in [0.2, 0.25) is 0 Å². The van der Waals surface area contributed by atoms with E-state index in [1.54, 1.807) is 0 Å². The Kier molecular flexibility index (Phi) is 12.9. The minimum absolute atomic E-state index is 0.111. The number of hydrogen-bond acceptors (Lipinski definition) is 3. The molecule has 0 aromatic heterocycles. The van der Waals surface area contributed by atoms with E-state index >= 15 is 0 Å². The number of aliphatic carboxylic acids is 1. The van der Waals surface area contributed by atoms with E-state index < -0.39 is 5.97 Å². The molecule has 0 fully saturated rings. The van der Waals surface area contributed by atoms with Crippen molar-refractivity contribution in [2.24, 2.45) is 16.7 Å². The predicted molar refractivity (Wildman–Crippen MR) is 119 cm³/mol. The van der Waals surface area contributed by atoms with E-state index in [0.29, 0.717) is 0 Å². The van der Waals surface area contributed by atoms with Crippen molar-refractivity contribution in [1.82, 2.24) is 0 Å². The van der Waals surface area contributed by atoms with E-state index in [1.807, 2.05) is 6.92 Å². The Labute approximate surface area is 175 Å². The van der Waals surface area contributed by atoms with Gasteiger partial charge >= 0.3 is 5.97 Å². The first-order chi connectivity index (χ1) is 12.3. The summed E-state index contributed by atoms with van der Waals surface area (Å²) in [5.41, 5.74) is -0.0388. The van der Waals surface area contributed by atoms with Crippen molar-refractivity contribution >= 4 is 5.97 Å². The Hall–Kier alpha value is -0.610. The third kappa shape index (κ3) is 18.7. The zero-order valence-electron chi connectivity index (χ0n) is 21.0. The van der Waals surface area contributed by atoms with Gasteiger partial charge < -0.3 is 5.11 Å². The zero-order valence-corrected chi connectivity index (χ0v) is 21.0. The van der Waals surface area contributed by atoms with Crippen molar-refractivity contribution in [2.45, 2.75) is 133 Å². The summed E-state index contributed by atoms with van der Waals surface area (Å²) in [6.07, 6.45) is 5.64. The molecule has 0 aromatic carbocycles. The fraction of sp³-hybridized carbons (Fsp3) is 0.958. The molecule has 170 valence electrons. The summed E-state index contributed by atoms with van der Waals surface area (Å²) < 4.78 is 0. The molecule has 1 N–H and O–H groups in total. The molecular formula is C24H50O4. The van der Waals surface area contributed by atoms with E-state index in [-0.39, 0.29) is 27.9 Å². The van der Waals surface area contributed by atoms with Crippen LogP contribution in [-0.2, 0) is 14.6 Å². The lowest BCUT2D eigenvalue weighted by Gasteiger charge is -2.36. The summed E-state index contributed by atoms with van der Waals surface area (Å²) in [5.74, 6) is -0.754. The molecule has 1 atom stereocenters. The highest BCUT2D eigenvalue weighted by Gasteiger charge is 2.32. The fourth-order valence-corrected chi connectivity index (χ4v) is 3.79. The van der Waals surface area contributed by atoms with E-state index in [1.165, 1.54) is 0 Å². The molecule has 0 saturated heterocycles. The Bertz CT molecular complexity index is 397. The molecule has 0 radical (unpaired) electrons. The molecular weight excluding hydrogens is 352 g/mol. The topological polar surface area (TPSA) is 55.8 Å². The predicted octanol–water partition coefficient (Wildman–Crippen LogP) is 7.65. The maximum Gasteiger partial charge on any atom is 0.306 e. The average Bonchev–Trinajstić information content (AvgIpc) is 2.42. The highest BCUT2D eigenvalue weighted by Crippen LogP contribution is 2.34. The van der Waals surface area contributed by atoms with Crippen molar-refractivity contribution in [3.8, 4) is 0 Å². The van der Waals surface area contributed by atoms with Crippen LogP contribution in [0.5, 0.6) is 0 Å². The van der Waals surface area contributed by atoms with Gasteiger partial charge in [0.05, 0.1) is 17.1 Å². The highest BCUT2D eigenvalue weighted by molar-refractivity contribution is 5.69. The van der Waals surface area contributed by atoms with Crippen LogP contribution in [0.25, 0.3) is 0 Å². The van der Waals surface area contributed by atoms with Gasteiger partial charge in [0.1, 0.15) is 0 Å². The number of carbonyl (C=O) groups is 1. The SMILES string of the molecule is CC(C)(C)CC(C)(C)OOC(C)(C)CC(C)(C)C.CCCCC(CC)C(=O)O. The van der Waals surface area contributed by atoms with Gasteiger partial charge in [-0.25, -0.2) is 9.78 Å². The van der Waals surface area contributed by atoms with Crippen LogP contribution in [0.3, 0.4) is 0 Å². The van der Waals surface area contributed by atoms with Crippen LogP contribution >= 0.6 is 0 Å². The summed E-state index contributed by atoms with van der Waals surface area (Å²) in [7, 11) is 0. The molecule has 0 amide bonds. The monoisotopic (exact) mass is 402 g/mol. The van der Waals surface area contributed by atoms with Crippen molar-refractivity contribution < 1.29 is 19.7 Å². The molecule has 0 aliphatic heterocycles. The Morgan fingerprint density at radius 3 is 1.36 bits per heavy atom. The Morgan fingerprint density at radius 1 is 0.786 bits per heavy atom. The first-order valence-electron chi connectivity index (χ1n) is 10.9. The molecule has 0 heterocycles. The van der Waals surface area contributed by atoms with Gasteiger partial charge in [-0.15, -0.1) is 0 Å². The van der Waals surface area contributed by atoms with Crippen LogP contribution in [0.1, 0.15) is 122 Å². The average molecular weight is 403 g/mol. The minimum atomic E-state index is -0.643. The molecule has 0 bridgehead atoms. The fourth-order valence-electron chi connectivity index (χ4n) is 3.79. The van der Waals surface area contributed by atoms with Crippen LogP contribution in [0.4, 0.5) is 0 Å². The summed E-state index contributed by atoms with van der Waals surface area (Å²) in [5, 5.41) is 8.60. The van der Waals surface area contributed by atoms with Crippen molar-refractivity contribution in [1.29, 1.82) is 0 Å². The number of unbranched alkanes of at least 4 members (excludes halogenated alkanes) is 1. The second kappa shape index (κ2) is 12.2. The van der Waals surface area contributed by atoms with Crippen molar-refractivity contribution in [2.75, 3.05) is 0 Å². The second-order valence-corrected chi connectivity index (χ2v) is 11.7. The van der Waals surface area contributed by atoms with E-state index in [9.17, 15) is 4.79 Å². The maximum atomic E-state index is 10.4. The summed E-state index contributed by atoms with van der Waals surface area (Å²) in [6.45, 7) is 25.7. The van der Waals surface area contributed by atoms with E-state index in [2.05, 4.69) is 76.2 Å². The molecule has 1 unspecified atom stereocenters. The van der Waals surface area contributed by atoms with Crippen molar-refractivity contribution in [3.05, 3.63) is 0 Å². The van der Waals surface area contributed by atoms with Gasteiger partial charge in [-0.2, -0.15) is 0 Å². The number of carboxylic acid groups (broad SMARTS) is 1. The molecule has 28 heavy (non-hydrogen) atoms. The minimum Gasteiger partial charge on any atom is -0.481 e. The number of rotatable bonds is 10. The van der Waals surface area contributed by atoms with Gasteiger partial charge in [0, 0.05) is 0 Å². The zero-order chi connectivity index (χ0) is 22.8. The van der Waals surface area contributed by atoms with Crippen LogP contribution in [0.15, 0.2) is 0 Å². The summed E-state index contributed by atoms with van der Waals surface area (Å²) >= 11 is 0. The molecule has 0 saturated carbocycles. The number of carboxylic acids is 1. The smallest absolute Gasteiger partial charge is 0.306 e. The van der Waals surface area contributed by atoms with Gasteiger partial charge in [-0.1, -0.05) is 68.2 Å². The largest absolute Gasteiger partial charge is 0.481 e. The van der Waals surface area contributed by atoms with Crippen LogP contribution in [0.2, 0.25) is 0 Å². The standard InChI is InChI=1S/C16H34O2.C8H16O2/c1-13(2,3)11-15(7,8)17-18-16(9,10)12-14(4,5)6;1-3-5-6-7(4-2)8(9)10/h11-12H2,1-10H3;7H,3-6H2,1-2H3,(H,9,10). The molecule has 0 aromatic rings. The van der Waals surface area contributed by atoms with Gasteiger partial charge in [0.15, 0.2) is 0 Å². The third-order valence-corrected chi connectivity index (χ3v) is 4.15. The van der Waals surface area contributed by atoms with Gasteiger partial charge in [-0.3, -0.25) is 4.79 Å². The normalized spacial score (nSPS) is 14.3. The lowest BCUT2D eigenvalue weighted by Crippen LogP contribution is -2.37. The Morgan fingerprint density at radius 2 is 1.14 bits per heavy atom. The molecule has 0 aliphatic carbocycles. The highest BCUT2D eigenvalue weighted by atomic mass is 17.2. The van der Waals surface area contributed by atoms with E-state index in [4.69, 9.17) is 14.9 Å². The number of hydrogen-bond donors (Lipinski definition) is 1. The first kappa shape index (κ1) is 29.6. The molecule has 0 spiro atoms.